The fourth-order valence-electron chi connectivity index (χ4n) is 3.15. The number of hydrogen-bond acceptors (Lipinski definition) is 9. The predicted molar refractivity (Wildman–Crippen MR) is 126 cm³/mol. The molecule has 12 heteroatoms. The standard InChI is InChI=1S/C21H25BrN6O5/c1-5-6-9-23-18-16-15(24-20(25-18)26-21(30)33-4)17(22)27-28(16)11-13-8-7-12(19(29)32-3)10-14(13)31-2/h7-8,10H,5-6,9,11H2,1-4H3,(H2,23,24,25,26,30). The van der Waals surface area contributed by atoms with Crippen molar-refractivity contribution < 1.29 is 23.8 Å². The van der Waals surface area contributed by atoms with E-state index in [1.165, 1.54) is 21.3 Å². The lowest BCUT2D eigenvalue weighted by Crippen LogP contribution is -2.15. The van der Waals surface area contributed by atoms with Crippen molar-refractivity contribution in [3.8, 4) is 5.75 Å². The summed E-state index contributed by atoms with van der Waals surface area (Å²) in [6.45, 7) is 3.09. The minimum Gasteiger partial charge on any atom is -0.496 e. The number of ether oxygens (including phenoxy) is 3. The summed E-state index contributed by atoms with van der Waals surface area (Å²) < 4.78 is 17.1. The zero-order valence-corrected chi connectivity index (χ0v) is 20.4. The van der Waals surface area contributed by atoms with Crippen LogP contribution in [0, 0.1) is 0 Å². The van der Waals surface area contributed by atoms with E-state index in [9.17, 15) is 9.59 Å². The number of nitrogens with zero attached hydrogens (tertiary/aromatic N) is 4. The number of nitrogens with one attached hydrogen (secondary N) is 2. The summed E-state index contributed by atoms with van der Waals surface area (Å²) in [7, 11) is 4.12. The Kier molecular flexibility index (Phi) is 8.04. The minimum absolute atomic E-state index is 0.0913. The maximum atomic E-state index is 11.9. The number of esters is 1. The summed E-state index contributed by atoms with van der Waals surface area (Å²) in [6.07, 6.45) is 1.26. The fourth-order valence-corrected chi connectivity index (χ4v) is 3.62. The average Bonchev–Trinajstić information content (AvgIpc) is 3.13. The largest absolute Gasteiger partial charge is 0.496 e. The van der Waals surface area contributed by atoms with Crippen molar-refractivity contribution >= 4 is 50.8 Å². The van der Waals surface area contributed by atoms with E-state index in [4.69, 9.17) is 9.47 Å². The molecular weight excluding hydrogens is 496 g/mol. The van der Waals surface area contributed by atoms with Crippen molar-refractivity contribution in [2.24, 2.45) is 0 Å². The number of benzene rings is 1. The van der Waals surface area contributed by atoms with Crippen LogP contribution < -0.4 is 15.4 Å². The van der Waals surface area contributed by atoms with Crippen molar-refractivity contribution in [1.82, 2.24) is 19.7 Å². The average molecular weight is 521 g/mol. The smallest absolute Gasteiger partial charge is 0.413 e. The number of halogens is 1. The number of anilines is 2. The third-order valence-corrected chi connectivity index (χ3v) is 5.33. The van der Waals surface area contributed by atoms with Crippen LogP contribution in [0.3, 0.4) is 0 Å². The molecule has 2 heterocycles. The molecular formula is C21H25BrN6O5. The molecule has 0 aliphatic rings. The van der Waals surface area contributed by atoms with Crippen molar-refractivity contribution in [1.29, 1.82) is 0 Å². The van der Waals surface area contributed by atoms with E-state index in [-0.39, 0.29) is 5.95 Å². The van der Waals surface area contributed by atoms with E-state index in [0.29, 0.717) is 45.9 Å². The second-order valence-corrected chi connectivity index (χ2v) is 7.71. The number of unbranched alkanes of at least 4 members (excludes halogenated alkanes) is 1. The van der Waals surface area contributed by atoms with E-state index in [2.05, 4.69) is 53.3 Å². The van der Waals surface area contributed by atoms with Crippen molar-refractivity contribution in [3.05, 3.63) is 33.9 Å². The zero-order valence-electron chi connectivity index (χ0n) is 18.8. The first-order chi connectivity index (χ1) is 15.9. The van der Waals surface area contributed by atoms with Gasteiger partial charge < -0.3 is 19.5 Å². The maximum absolute atomic E-state index is 11.9. The molecule has 176 valence electrons. The van der Waals surface area contributed by atoms with Crippen LogP contribution in [0.25, 0.3) is 11.0 Å². The number of aromatic nitrogens is 4. The molecule has 1 aromatic carbocycles. The summed E-state index contributed by atoms with van der Waals surface area (Å²) in [4.78, 5) is 32.4. The van der Waals surface area contributed by atoms with Gasteiger partial charge in [0.25, 0.3) is 0 Å². The molecule has 0 atom stereocenters. The van der Waals surface area contributed by atoms with Crippen LogP contribution >= 0.6 is 15.9 Å². The summed E-state index contributed by atoms with van der Waals surface area (Å²) in [5, 5.41) is 10.4. The molecule has 2 N–H and O–H groups in total. The SMILES string of the molecule is CCCCNc1nc(NC(=O)OC)nc2c(Br)nn(Cc3ccc(C(=O)OC)cc3OC)c12. The maximum Gasteiger partial charge on any atom is 0.413 e. The van der Waals surface area contributed by atoms with Gasteiger partial charge in [-0.3, -0.25) is 10.00 Å². The topological polar surface area (TPSA) is 129 Å². The van der Waals surface area contributed by atoms with E-state index < -0.39 is 12.1 Å². The van der Waals surface area contributed by atoms with Crippen LogP contribution in [0.15, 0.2) is 22.8 Å². The van der Waals surface area contributed by atoms with Gasteiger partial charge >= 0.3 is 12.1 Å². The Labute approximate surface area is 198 Å². The molecule has 0 fully saturated rings. The monoisotopic (exact) mass is 520 g/mol. The lowest BCUT2D eigenvalue weighted by atomic mass is 10.1. The second-order valence-electron chi connectivity index (χ2n) is 6.96. The fraction of sp³-hybridized carbons (Fsp3) is 0.381. The molecule has 3 rings (SSSR count). The van der Waals surface area contributed by atoms with Crippen LogP contribution in [-0.4, -0.2) is 59.7 Å². The number of carbonyl (C=O) groups is 2. The highest BCUT2D eigenvalue weighted by molar-refractivity contribution is 9.10. The molecule has 11 nitrogen and oxygen atoms in total. The third kappa shape index (κ3) is 5.51. The molecule has 33 heavy (non-hydrogen) atoms. The van der Waals surface area contributed by atoms with Gasteiger partial charge in [0.1, 0.15) is 16.8 Å². The molecule has 0 spiro atoms. The molecule has 2 aromatic heterocycles. The van der Waals surface area contributed by atoms with Crippen molar-refractivity contribution in [2.75, 3.05) is 38.5 Å². The normalized spacial score (nSPS) is 10.7. The molecule has 1 amide bonds. The van der Waals surface area contributed by atoms with Gasteiger partial charge in [0.15, 0.2) is 10.4 Å². The predicted octanol–water partition coefficient (Wildman–Crippen LogP) is 3.82. The molecule has 0 radical (unpaired) electrons. The number of methoxy groups -OCH3 is 3. The van der Waals surface area contributed by atoms with Gasteiger partial charge in [-0.1, -0.05) is 19.4 Å². The van der Waals surface area contributed by atoms with E-state index in [1.54, 1.807) is 22.9 Å². The van der Waals surface area contributed by atoms with E-state index >= 15 is 0 Å². The molecule has 0 saturated carbocycles. The molecule has 3 aromatic rings. The van der Waals surface area contributed by atoms with Crippen molar-refractivity contribution in [3.63, 3.8) is 0 Å². The first-order valence-electron chi connectivity index (χ1n) is 10.2. The number of carbonyl (C=O) groups excluding carboxylic acids is 2. The number of hydrogen-bond donors (Lipinski definition) is 2. The zero-order chi connectivity index (χ0) is 24.0. The van der Waals surface area contributed by atoms with Crippen LogP contribution in [0.4, 0.5) is 16.6 Å². The van der Waals surface area contributed by atoms with Crippen LogP contribution in [0.1, 0.15) is 35.7 Å². The highest BCUT2D eigenvalue weighted by Crippen LogP contribution is 2.30. The first kappa shape index (κ1) is 24.2. The van der Waals surface area contributed by atoms with Gasteiger partial charge in [-0.15, -0.1) is 0 Å². The van der Waals surface area contributed by atoms with Crippen LogP contribution in [0.5, 0.6) is 5.75 Å². The molecule has 0 aliphatic heterocycles. The van der Waals surface area contributed by atoms with Gasteiger partial charge in [-0.2, -0.15) is 10.1 Å². The van der Waals surface area contributed by atoms with Gasteiger partial charge in [-0.25, -0.2) is 14.6 Å². The summed E-state index contributed by atoms with van der Waals surface area (Å²) in [5.41, 5.74) is 2.33. The van der Waals surface area contributed by atoms with Gasteiger partial charge in [-0.05, 0) is 34.5 Å². The Hall–Kier alpha value is -3.41. The quantitative estimate of drug-likeness (QED) is 0.319. The molecule has 0 aliphatic carbocycles. The molecule has 0 unspecified atom stereocenters. The Bertz CT molecular complexity index is 1170. The lowest BCUT2D eigenvalue weighted by molar-refractivity contribution is 0.0600. The Morgan fingerprint density at radius 1 is 1.15 bits per heavy atom. The lowest BCUT2D eigenvalue weighted by Gasteiger charge is -2.13. The Morgan fingerprint density at radius 3 is 2.61 bits per heavy atom. The molecule has 0 bridgehead atoms. The van der Waals surface area contributed by atoms with Crippen LogP contribution in [0.2, 0.25) is 0 Å². The summed E-state index contributed by atoms with van der Waals surface area (Å²) in [6, 6.07) is 5.07. The molecule has 0 saturated heterocycles. The first-order valence-corrected chi connectivity index (χ1v) is 11.0. The highest BCUT2D eigenvalue weighted by atomic mass is 79.9. The van der Waals surface area contributed by atoms with Gasteiger partial charge in [0.2, 0.25) is 5.95 Å². The van der Waals surface area contributed by atoms with Gasteiger partial charge in [0, 0.05) is 12.1 Å². The second kappa shape index (κ2) is 10.9. The Balaban J connectivity index is 2.06. The number of rotatable bonds is 9. The highest BCUT2D eigenvalue weighted by Gasteiger charge is 2.20. The number of fused-ring (bicyclic) bond motifs is 1. The van der Waals surface area contributed by atoms with Crippen LogP contribution in [-0.2, 0) is 16.0 Å². The summed E-state index contributed by atoms with van der Waals surface area (Å²) >= 11 is 3.45. The minimum atomic E-state index is -0.673. The Morgan fingerprint density at radius 2 is 1.94 bits per heavy atom. The van der Waals surface area contributed by atoms with Gasteiger partial charge in [0.05, 0.1) is 33.4 Å². The van der Waals surface area contributed by atoms with E-state index in [1.807, 2.05) is 0 Å². The number of amides is 1. The van der Waals surface area contributed by atoms with E-state index in [0.717, 1.165) is 18.4 Å². The summed E-state index contributed by atoms with van der Waals surface area (Å²) in [5.74, 6) is 0.674. The third-order valence-electron chi connectivity index (χ3n) is 4.80. The van der Waals surface area contributed by atoms with Crippen molar-refractivity contribution in [2.45, 2.75) is 26.3 Å².